The average molecular weight is 210 g/mol. The number of nitrogens with one attached hydrogen (secondary N) is 1. The monoisotopic (exact) mass is 210 g/mol. The van der Waals surface area contributed by atoms with Crippen molar-refractivity contribution >= 4 is 5.91 Å². The molecule has 1 aliphatic carbocycles. The lowest BCUT2D eigenvalue weighted by atomic mass is 9.99. The van der Waals surface area contributed by atoms with E-state index in [1.807, 2.05) is 11.8 Å². The maximum Gasteiger partial charge on any atom is 0.243 e. The summed E-state index contributed by atoms with van der Waals surface area (Å²) in [6, 6.07) is 0. The van der Waals surface area contributed by atoms with E-state index in [1.165, 1.54) is 12.8 Å². The van der Waals surface area contributed by atoms with Crippen molar-refractivity contribution in [3.8, 4) is 0 Å². The Morgan fingerprint density at radius 1 is 1.60 bits per heavy atom. The van der Waals surface area contributed by atoms with Crippen molar-refractivity contribution in [3.63, 3.8) is 0 Å². The maximum atomic E-state index is 12.1. The van der Waals surface area contributed by atoms with E-state index in [9.17, 15) is 4.79 Å². The summed E-state index contributed by atoms with van der Waals surface area (Å²) in [6.07, 6.45) is 3.60. The molecule has 15 heavy (non-hydrogen) atoms. The number of nitrogens with zero attached hydrogens (tertiary/aromatic N) is 1. The number of carbonyl (C=O) groups excluding carboxylic acids is 1. The number of rotatable bonds is 4. The predicted octanol–water partition coefficient (Wildman–Crippen LogP) is 1.59. The van der Waals surface area contributed by atoms with Gasteiger partial charge in [-0.3, -0.25) is 10.1 Å². The molecule has 0 aromatic carbocycles. The Labute approximate surface area is 92.2 Å². The fourth-order valence-electron chi connectivity index (χ4n) is 2.35. The third kappa shape index (κ3) is 2.03. The van der Waals surface area contributed by atoms with E-state index in [0.29, 0.717) is 5.92 Å². The van der Waals surface area contributed by atoms with Crippen LogP contribution in [0.4, 0.5) is 0 Å². The molecule has 1 saturated heterocycles. The SMILES string of the molecule is CCC1(C)NCN(CC(C)C2CC2)C1=O. The first-order valence-corrected chi connectivity index (χ1v) is 6.11. The minimum atomic E-state index is -0.302. The molecule has 0 aromatic rings. The van der Waals surface area contributed by atoms with E-state index in [2.05, 4.69) is 19.2 Å². The molecule has 3 nitrogen and oxygen atoms in total. The van der Waals surface area contributed by atoms with Crippen molar-refractivity contribution in [2.24, 2.45) is 11.8 Å². The summed E-state index contributed by atoms with van der Waals surface area (Å²) in [7, 11) is 0. The Kier molecular flexibility index (Phi) is 2.75. The van der Waals surface area contributed by atoms with Gasteiger partial charge in [0, 0.05) is 6.54 Å². The smallest absolute Gasteiger partial charge is 0.243 e. The van der Waals surface area contributed by atoms with Gasteiger partial charge in [-0.15, -0.1) is 0 Å². The molecule has 1 aliphatic heterocycles. The lowest BCUT2D eigenvalue weighted by Crippen LogP contribution is -2.43. The first-order valence-electron chi connectivity index (χ1n) is 6.11. The van der Waals surface area contributed by atoms with Crippen LogP contribution in [0.3, 0.4) is 0 Å². The Bertz CT molecular complexity index is 262. The molecule has 0 radical (unpaired) electrons. The van der Waals surface area contributed by atoms with Gasteiger partial charge in [-0.2, -0.15) is 0 Å². The molecule has 2 rings (SSSR count). The van der Waals surface area contributed by atoms with Crippen LogP contribution in [0.2, 0.25) is 0 Å². The Morgan fingerprint density at radius 3 is 2.73 bits per heavy atom. The standard InChI is InChI=1S/C12H22N2O/c1-4-12(3)11(15)14(8-13-12)7-9(2)10-5-6-10/h9-10,13H,4-8H2,1-3H3. The van der Waals surface area contributed by atoms with Crippen molar-refractivity contribution in [3.05, 3.63) is 0 Å². The summed E-state index contributed by atoms with van der Waals surface area (Å²) >= 11 is 0. The Morgan fingerprint density at radius 2 is 2.27 bits per heavy atom. The molecule has 2 unspecified atom stereocenters. The van der Waals surface area contributed by atoms with Gasteiger partial charge in [0.1, 0.15) is 0 Å². The zero-order valence-electron chi connectivity index (χ0n) is 10.0. The lowest BCUT2D eigenvalue weighted by Gasteiger charge is -2.23. The number of hydrogen-bond donors (Lipinski definition) is 1. The van der Waals surface area contributed by atoms with Crippen LogP contribution in [0.25, 0.3) is 0 Å². The predicted molar refractivity (Wildman–Crippen MR) is 60.3 cm³/mol. The van der Waals surface area contributed by atoms with E-state index >= 15 is 0 Å². The third-order valence-electron chi connectivity index (χ3n) is 4.06. The van der Waals surface area contributed by atoms with Gasteiger partial charge in [0.05, 0.1) is 12.2 Å². The quantitative estimate of drug-likeness (QED) is 0.764. The zero-order valence-corrected chi connectivity index (χ0v) is 10.0. The second-order valence-corrected chi connectivity index (χ2v) is 5.36. The molecule has 1 heterocycles. The van der Waals surface area contributed by atoms with Crippen LogP contribution >= 0.6 is 0 Å². The summed E-state index contributed by atoms with van der Waals surface area (Å²) in [5.74, 6) is 1.85. The molecule has 0 bridgehead atoms. The molecule has 2 aliphatic rings. The Hall–Kier alpha value is -0.570. The van der Waals surface area contributed by atoms with Crippen LogP contribution in [0.1, 0.15) is 40.0 Å². The molecule has 0 spiro atoms. The van der Waals surface area contributed by atoms with Crippen LogP contribution in [0.5, 0.6) is 0 Å². The molecule has 2 atom stereocenters. The molecule has 3 heteroatoms. The highest BCUT2D eigenvalue weighted by atomic mass is 16.2. The van der Waals surface area contributed by atoms with Crippen molar-refractivity contribution in [1.82, 2.24) is 10.2 Å². The summed E-state index contributed by atoms with van der Waals surface area (Å²) in [6.45, 7) is 8.02. The van der Waals surface area contributed by atoms with Gasteiger partial charge in [-0.25, -0.2) is 0 Å². The van der Waals surface area contributed by atoms with Gasteiger partial charge < -0.3 is 4.90 Å². The lowest BCUT2D eigenvalue weighted by molar-refractivity contribution is -0.132. The van der Waals surface area contributed by atoms with Crippen molar-refractivity contribution < 1.29 is 4.79 Å². The molecular weight excluding hydrogens is 188 g/mol. The molecule has 0 aromatic heterocycles. The van der Waals surface area contributed by atoms with Crippen LogP contribution in [0.15, 0.2) is 0 Å². The van der Waals surface area contributed by atoms with Gasteiger partial charge in [0.2, 0.25) is 5.91 Å². The van der Waals surface area contributed by atoms with Gasteiger partial charge >= 0.3 is 0 Å². The van der Waals surface area contributed by atoms with Crippen molar-refractivity contribution in [2.45, 2.75) is 45.6 Å². The van der Waals surface area contributed by atoms with Crippen LogP contribution < -0.4 is 5.32 Å². The summed E-state index contributed by atoms with van der Waals surface area (Å²) in [4.78, 5) is 14.1. The van der Waals surface area contributed by atoms with Crippen LogP contribution in [0, 0.1) is 11.8 Å². The second-order valence-electron chi connectivity index (χ2n) is 5.36. The first kappa shape index (κ1) is 10.9. The molecule has 1 N–H and O–H groups in total. The number of amides is 1. The van der Waals surface area contributed by atoms with Gasteiger partial charge in [-0.05, 0) is 38.0 Å². The topological polar surface area (TPSA) is 32.3 Å². The van der Waals surface area contributed by atoms with Gasteiger partial charge in [0.25, 0.3) is 0 Å². The van der Waals surface area contributed by atoms with E-state index in [4.69, 9.17) is 0 Å². The average Bonchev–Trinajstić information content (AvgIpc) is 3.02. The second kappa shape index (κ2) is 3.78. The van der Waals surface area contributed by atoms with Crippen molar-refractivity contribution in [2.75, 3.05) is 13.2 Å². The fraction of sp³-hybridized carbons (Fsp3) is 0.917. The highest BCUT2D eigenvalue weighted by Crippen LogP contribution is 2.37. The summed E-state index contributed by atoms with van der Waals surface area (Å²) < 4.78 is 0. The molecule has 1 amide bonds. The van der Waals surface area contributed by atoms with E-state index in [0.717, 1.165) is 25.6 Å². The first-order chi connectivity index (χ1) is 7.07. The van der Waals surface area contributed by atoms with E-state index in [1.54, 1.807) is 0 Å². The fourth-order valence-corrected chi connectivity index (χ4v) is 2.35. The number of hydrogen-bond acceptors (Lipinski definition) is 2. The normalized spacial score (nSPS) is 33.5. The van der Waals surface area contributed by atoms with Gasteiger partial charge in [-0.1, -0.05) is 13.8 Å². The van der Waals surface area contributed by atoms with Crippen molar-refractivity contribution in [1.29, 1.82) is 0 Å². The van der Waals surface area contributed by atoms with E-state index in [-0.39, 0.29) is 11.4 Å². The largest absolute Gasteiger partial charge is 0.328 e. The maximum absolute atomic E-state index is 12.1. The summed E-state index contributed by atoms with van der Waals surface area (Å²) in [5, 5.41) is 3.32. The summed E-state index contributed by atoms with van der Waals surface area (Å²) in [5.41, 5.74) is -0.302. The van der Waals surface area contributed by atoms with Crippen LogP contribution in [-0.4, -0.2) is 29.6 Å². The minimum Gasteiger partial charge on any atom is -0.328 e. The van der Waals surface area contributed by atoms with E-state index < -0.39 is 0 Å². The molecule has 2 fully saturated rings. The molecule has 1 saturated carbocycles. The molecular formula is C12H22N2O. The minimum absolute atomic E-state index is 0.289. The molecule has 86 valence electrons. The van der Waals surface area contributed by atoms with Gasteiger partial charge in [0.15, 0.2) is 0 Å². The Balaban J connectivity index is 1.91. The third-order valence-corrected chi connectivity index (χ3v) is 4.06. The van der Waals surface area contributed by atoms with Crippen LogP contribution in [-0.2, 0) is 4.79 Å². The highest BCUT2D eigenvalue weighted by molar-refractivity contribution is 5.87. The zero-order chi connectivity index (χ0) is 11.1. The highest BCUT2D eigenvalue weighted by Gasteiger charge is 2.42. The number of carbonyl (C=O) groups is 1.